The topological polar surface area (TPSA) is 106 Å². The number of sulfonamides is 1. The van der Waals surface area contributed by atoms with Gasteiger partial charge in [-0.3, -0.25) is 0 Å². The van der Waals surface area contributed by atoms with Gasteiger partial charge in [-0.1, -0.05) is 0 Å². The molecule has 0 unspecified atom stereocenters. The van der Waals surface area contributed by atoms with E-state index in [1.807, 2.05) is 0 Å². The Labute approximate surface area is 98.4 Å². The SMILES string of the molecule is CS(=O)(=O)CCNS(=O)(=O)c1cc(N)cs1. The molecule has 1 rings (SSSR count). The highest BCUT2D eigenvalue weighted by atomic mass is 32.2. The van der Waals surface area contributed by atoms with Crippen LogP contribution >= 0.6 is 11.3 Å². The zero-order valence-electron chi connectivity index (χ0n) is 8.50. The lowest BCUT2D eigenvalue weighted by Crippen LogP contribution is -2.28. The van der Waals surface area contributed by atoms with Gasteiger partial charge >= 0.3 is 0 Å². The number of rotatable bonds is 5. The second kappa shape index (κ2) is 4.70. The number of hydrogen-bond donors (Lipinski definition) is 2. The molecular formula is C7H12N2O4S3. The molecule has 0 aliphatic heterocycles. The molecule has 92 valence electrons. The van der Waals surface area contributed by atoms with Gasteiger partial charge in [-0.25, -0.2) is 21.6 Å². The second-order valence-electron chi connectivity index (χ2n) is 3.23. The zero-order valence-corrected chi connectivity index (χ0v) is 11.0. The van der Waals surface area contributed by atoms with Gasteiger partial charge in [0.15, 0.2) is 0 Å². The van der Waals surface area contributed by atoms with Crippen molar-refractivity contribution in [1.82, 2.24) is 4.72 Å². The van der Waals surface area contributed by atoms with E-state index in [0.717, 1.165) is 17.6 Å². The molecule has 0 radical (unpaired) electrons. The lowest BCUT2D eigenvalue weighted by Gasteiger charge is -2.03. The molecule has 3 N–H and O–H groups in total. The number of nitrogen functional groups attached to an aromatic ring is 1. The number of thiophene rings is 1. The van der Waals surface area contributed by atoms with E-state index in [1.54, 1.807) is 0 Å². The molecule has 1 aromatic heterocycles. The first-order valence-electron chi connectivity index (χ1n) is 4.22. The molecule has 0 aliphatic rings. The van der Waals surface area contributed by atoms with Crippen molar-refractivity contribution in [3.8, 4) is 0 Å². The van der Waals surface area contributed by atoms with Crippen LogP contribution in [0.25, 0.3) is 0 Å². The summed E-state index contributed by atoms with van der Waals surface area (Å²) in [6, 6.07) is 1.33. The van der Waals surface area contributed by atoms with Crippen molar-refractivity contribution in [3.63, 3.8) is 0 Å². The molecular weight excluding hydrogens is 272 g/mol. The molecule has 16 heavy (non-hydrogen) atoms. The first kappa shape index (κ1) is 13.4. The Bertz CT molecular complexity index is 558. The molecule has 0 saturated carbocycles. The van der Waals surface area contributed by atoms with Gasteiger partial charge < -0.3 is 5.73 Å². The minimum atomic E-state index is -3.64. The Balaban J connectivity index is 2.67. The lowest BCUT2D eigenvalue weighted by molar-refractivity contribution is 0.584. The third kappa shape index (κ3) is 4.08. The van der Waals surface area contributed by atoms with Gasteiger partial charge in [-0.15, -0.1) is 11.3 Å². The Kier molecular flexibility index (Phi) is 3.94. The molecule has 6 nitrogen and oxygen atoms in total. The maximum atomic E-state index is 11.6. The predicted molar refractivity (Wildman–Crippen MR) is 63.6 cm³/mol. The van der Waals surface area contributed by atoms with Crippen molar-refractivity contribution in [3.05, 3.63) is 11.4 Å². The van der Waals surface area contributed by atoms with Gasteiger partial charge in [0.05, 0.1) is 5.75 Å². The van der Waals surface area contributed by atoms with E-state index in [2.05, 4.69) is 4.72 Å². The highest BCUT2D eigenvalue weighted by Crippen LogP contribution is 2.20. The van der Waals surface area contributed by atoms with Crippen molar-refractivity contribution < 1.29 is 16.8 Å². The number of sulfone groups is 1. The van der Waals surface area contributed by atoms with E-state index in [4.69, 9.17) is 5.73 Å². The van der Waals surface area contributed by atoms with Crippen molar-refractivity contribution in [2.75, 3.05) is 24.3 Å². The average molecular weight is 284 g/mol. The normalized spacial score (nSPS) is 12.8. The monoisotopic (exact) mass is 284 g/mol. The van der Waals surface area contributed by atoms with Gasteiger partial charge in [0.1, 0.15) is 14.0 Å². The summed E-state index contributed by atoms with van der Waals surface area (Å²) >= 11 is 0.990. The Hall–Kier alpha value is -0.640. The average Bonchev–Trinajstić information content (AvgIpc) is 2.49. The summed E-state index contributed by atoms with van der Waals surface area (Å²) in [6.45, 7) is -0.140. The van der Waals surface area contributed by atoms with E-state index >= 15 is 0 Å². The lowest BCUT2D eigenvalue weighted by atomic mass is 10.6. The zero-order chi connectivity index (χ0) is 12.4. The quantitative estimate of drug-likeness (QED) is 0.769. The van der Waals surface area contributed by atoms with Crippen molar-refractivity contribution in [1.29, 1.82) is 0 Å². The van der Waals surface area contributed by atoms with Crippen LogP contribution < -0.4 is 10.5 Å². The smallest absolute Gasteiger partial charge is 0.250 e. The third-order valence-electron chi connectivity index (χ3n) is 1.63. The molecule has 0 atom stereocenters. The minimum Gasteiger partial charge on any atom is -0.398 e. The van der Waals surface area contributed by atoms with Crippen molar-refractivity contribution >= 4 is 36.9 Å². The number of nitrogens with one attached hydrogen (secondary N) is 1. The molecule has 0 aromatic carbocycles. The Morgan fingerprint density at radius 2 is 2.00 bits per heavy atom. The van der Waals surface area contributed by atoms with Crippen LogP contribution in [-0.4, -0.2) is 35.4 Å². The van der Waals surface area contributed by atoms with Crippen molar-refractivity contribution in [2.45, 2.75) is 4.21 Å². The molecule has 0 bridgehead atoms. The van der Waals surface area contributed by atoms with E-state index in [-0.39, 0.29) is 16.5 Å². The van der Waals surface area contributed by atoms with Gasteiger partial charge in [-0.05, 0) is 6.07 Å². The highest BCUT2D eigenvalue weighted by Gasteiger charge is 2.16. The maximum Gasteiger partial charge on any atom is 0.250 e. The van der Waals surface area contributed by atoms with Crippen LogP contribution in [0.1, 0.15) is 0 Å². The summed E-state index contributed by atoms with van der Waals surface area (Å²) < 4.78 is 47.0. The van der Waals surface area contributed by atoms with Crippen LogP contribution in [0.4, 0.5) is 5.69 Å². The molecule has 0 fully saturated rings. The predicted octanol–water partition coefficient (Wildman–Crippen LogP) is -0.347. The minimum absolute atomic E-state index is 0.0819. The van der Waals surface area contributed by atoms with E-state index in [0.29, 0.717) is 5.69 Å². The van der Waals surface area contributed by atoms with Crippen LogP contribution in [0.15, 0.2) is 15.7 Å². The Morgan fingerprint density at radius 3 is 2.44 bits per heavy atom. The van der Waals surface area contributed by atoms with Crippen LogP contribution in [0.3, 0.4) is 0 Å². The van der Waals surface area contributed by atoms with Gasteiger partial charge in [-0.2, -0.15) is 0 Å². The first-order chi connectivity index (χ1) is 7.21. The molecule has 0 aliphatic carbocycles. The van der Waals surface area contributed by atoms with Gasteiger partial charge in [0, 0.05) is 23.9 Å². The molecule has 0 saturated heterocycles. The summed E-state index contributed by atoms with van der Waals surface area (Å²) in [7, 11) is -6.81. The van der Waals surface area contributed by atoms with Crippen LogP contribution in [0.5, 0.6) is 0 Å². The Morgan fingerprint density at radius 1 is 1.38 bits per heavy atom. The van der Waals surface area contributed by atoms with E-state index < -0.39 is 19.9 Å². The van der Waals surface area contributed by atoms with Crippen LogP contribution in [0.2, 0.25) is 0 Å². The first-order valence-corrected chi connectivity index (χ1v) is 8.64. The van der Waals surface area contributed by atoms with Gasteiger partial charge in [0.2, 0.25) is 10.0 Å². The van der Waals surface area contributed by atoms with E-state index in [1.165, 1.54) is 11.4 Å². The summed E-state index contributed by atoms with van der Waals surface area (Å²) in [6.07, 6.45) is 1.05. The van der Waals surface area contributed by atoms with Crippen molar-refractivity contribution in [2.24, 2.45) is 0 Å². The molecule has 0 amide bonds. The van der Waals surface area contributed by atoms with Crippen LogP contribution in [-0.2, 0) is 19.9 Å². The molecule has 1 aromatic rings. The molecule has 9 heteroatoms. The largest absolute Gasteiger partial charge is 0.398 e. The van der Waals surface area contributed by atoms with Gasteiger partial charge in [0.25, 0.3) is 0 Å². The van der Waals surface area contributed by atoms with E-state index in [9.17, 15) is 16.8 Å². The third-order valence-corrected chi connectivity index (χ3v) is 5.49. The fraction of sp³-hybridized carbons (Fsp3) is 0.429. The maximum absolute atomic E-state index is 11.6. The fourth-order valence-corrected chi connectivity index (χ4v) is 3.66. The summed E-state index contributed by atoms with van der Waals surface area (Å²) in [5.74, 6) is -0.229. The number of anilines is 1. The fourth-order valence-electron chi connectivity index (χ4n) is 0.904. The second-order valence-corrected chi connectivity index (χ2v) is 8.39. The van der Waals surface area contributed by atoms with Crippen LogP contribution in [0, 0.1) is 0 Å². The summed E-state index contributed by atoms with van der Waals surface area (Å²) in [4.78, 5) is 0. The molecule has 1 heterocycles. The summed E-state index contributed by atoms with van der Waals surface area (Å²) in [5.41, 5.74) is 5.76. The molecule has 0 spiro atoms. The standard InChI is InChI=1S/C7H12N2O4S3/c1-15(10,11)3-2-9-16(12,13)7-4-6(8)5-14-7/h4-5,9H,2-3,8H2,1H3. The number of hydrogen-bond acceptors (Lipinski definition) is 6. The highest BCUT2D eigenvalue weighted by molar-refractivity contribution is 7.92. The summed E-state index contributed by atoms with van der Waals surface area (Å²) in [5, 5.41) is 1.51. The number of nitrogens with two attached hydrogens (primary N) is 1.